The molecule has 0 aromatic heterocycles. The Labute approximate surface area is 189 Å². The predicted octanol–water partition coefficient (Wildman–Crippen LogP) is 1.50. The fraction of sp³-hybridized carbons (Fsp3) is 0.278. The lowest BCUT2D eigenvalue weighted by molar-refractivity contribution is -0.388. The first-order valence-corrected chi connectivity index (χ1v) is 12.3. The molecule has 0 fully saturated rings. The van der Waals surface area contributed by atoms with Crippen LogP contribution in [0.2, 0.25) is 0 Å². The van der Waals surface area contributed by atoms with Crippen LogP contribution in [0.4, 0.5) is 11.4 Å². The molecule has 0 aliphatic heterocycles. The summed E-state index contributed by atoms with van der Waals surface area (Å²) in [6.07, 6.45) is -0.193. The number of nitro benzene ring substituents is 2. The van der Waals surface area contributed by atoms with E-state index in [-0.39, 0.29) is 6.42 Å². The molecule has 0 aliphatic carbocycles. The molecule has 0 aliphatic rings. The van der Waals surface area contributed by atoms with Gasteiger partial charge in [0.1, 0.15) is 0 Å². The zero-order valence-corrected chi connectivity index (χ0v) is 19.0. The molecule has 0 amide bonds. The van der Waals surface area contributed by atoms with Gasteiger partial charge in [0.2, 0.25) is 20.0 Å². The van der Waals surface area contributed by atoms with Crippen molar-refractivity contribution in [2.75, 3.05) is 0 Å². The Balaban J connectivity index is 2.43. The second kappa shape index (κ2) is 10.1. The summed E-state index contributed by atoms with van der Waals surface area (Å²) in [4.78, 5) is 31.7. The van der Waals surface area contributed by atoms with E-state index in [1.165, 1.54) is 38.1 Å². The van der Waals surface area contributed by atoms with Crippen LogP contribution in [-0.2, 0) is 24.8 Å². The van der Waals surface area contributed by atoms with Crippen LogP contribution in [0.3, 0.4) is 0 Å². The highest BCUT2D eigenvalue weighted by Gasteiger charge is 2.36. The number of carbonyl (C=O) groups excluding carboxylic acids is 1. The molecule has 15 heteroatoms. The molecule has 2 rings (SSSR count). The number of hydrogen-bond donors (Lipinski definition) is 2. The number of para-hydroxylation sites is 2. The van der Waals surface area contributed by atoms with Crippen molar-refractivity contribution >= 4 is 37.2 Å². The number of sulfonamides is 2. The zero-order chi connectivity index (χ0) is 25.0. The van der Waals surface area contributed by atoms with E-state index in [0.29, 0.717) is 0 Å². The monoisotopic (exact) mass is 500 g/mol. The molecule has 2 aromatic carbocycles. The third-order valence-corrected chi connectivity index (χ3v) is 7.62. The lowest BCUT2D eigenvalue weighted by atomic mass is 10.1. The maximum atomic E-state index is 12.8. The Bertz CT molecular complexity index is 1290. The summed E-state index contributed by atoms with van der Waals surface area (Å²) in [6, 6.07) is 5.88. The van der Waals surface area contributed by atoms with Gasteiger partial charge in [-0.2, -0.15) is 4.72 Å². The summed E-state index contributed by atoms with van der Waals surface area (Å²) < 4.78 is 55.3. The molecule has 2 atom stereocenters. The molecule has 2 N–H and O–H groups in total. The van der Waals surface area contributed by atoms with Crippen LogP contribution >= 0.6 is 0 Å². The summed E-state index contributed by atoms with van der Waals surface area (Å²) in [7, 11) is -9.18. The number of nitrogens with zero attached hydrogens (tertiary/aromatic N) is 2. The number of nitro groups is 2. The van der Waals surface area contributed by atoms with Gasteiger partial charge in [0.25, 0.3) is 11.4 Å². The van der Waals surface area contributed by atoms with E-state index in [1.807, 2.05) is 4.72 Å². The first-order chi connectivity index (χ1) is 15.3. The lowest BCUT2D eigenvalue weighted by Gasteiger charge is -2.24. The Kier molecular flexibility index (Phi) is 7.97. The highest BCUT2D eigenvalue weighted by Crippen LogP contribution is 2.25. The van der Waals surface area contributed by atoms with Gasteiger partial charge in [-0.3, -0.25) is 25.0 Å². The normalized spacial score (nSPS) is 13.8. The van der Waals surface area contributed by atoms with Crippen molar-refractivity contribution in [3.8, 4) is 0 Å². The standard InChI is InChI=1S/C18H20N4O9S2/c1-3-15(23)18(20-33(30,31)17-11-7-5-9-14(17)22(26)27)12(2)19-32(28,29)16-10-6-4-8-13(16)21(24)25/h4-12,18-20H,3H2,1-2H3/t12-,18-/m1/s1. The zero-order valence-electron chi connectivity index (χ0n) is 17.4. The van der Waals surface area contributed by atoms with Gasteiger partial charge in [0.05, 0.1) is 15.9 Å². The van der Waals surface area contributed by atoms with Crippen LogP contribution in [0.25, 0.3) is 0 Å². The average Bonchev–Trinajstić information content (AvgIpc) is 2.76. The van der Waals surface area contributed by atoms with Crippen LogP contribution in [0, 0.1) is 20.2 Å². The number of rotatable bonds is 11. The van der Waals surface area contributed by atoms with Crippen LogP contribution < -0.4 is 9.44 Å². The van der Waals surface area contributed by atoms with Gasteiger partial charge < -0.3 is 0 Å². The van der Waals surface area contributed by atoms with E-state index in [2.05, 4.69) is 4.72 Å². The summed E-state index contributed by atoms with van der Waals surface area (Å²) in [5, 5.41) is 22.4. The van der Waals surface area contributed by atoms with Crippen LogP contribution in [0.1, 0.15) is 20.3 Å². The molecule has 0 saturated heterocycles. The fourth-order valence-electron chi connectivity index (χ4n) is 2.94. The van der Waals surface area contributed by atoms with E-state index < -0.39 is 68.9 Å². The fourth-order valence-corrected chi connectivity index (χ4v) is 5.84. The number of ketones is 1. The number of carbonyl (C=O) groups is 1. The van der Waals surface area contributed by atoms with Gasteiger partial charge in [-0.1, -0.05) is 31.2 Å². The molecular formula is C18H20N4O9S2. The number of nitrogens with one attached hydrogen (secondary N) is 2. The summed E-state index contributed by atoms with van der Waals surface area (Å²) in [6.45, 7) is 2.60. The van der Waals surface area contributed by atoms with Crippen molar-refractivity contribution in [3.63, 3.8) is 0 Å². The number of benzene rings is 2. The summed E-state index contributed by atoms with van der Waals surface area (Å²) >= 11 is 0. The number of Topliss-reactive ketones (excluding diaryl/α,β-unsaturated/α-hetero) is 1. The van der Waals surface area contributed by atoms with E-state index in [4.69, 9.17) is 0 Å². The smallest absolute Gasteiger partial charge is 0.289 e. The Morgan fingerprint density at radius 1 is 0.848 bits per heavy atom. The lowest BCUT2D eigenvalue weighted by Crippen LogP contribution is -2.54. The molecule has 0 saturated carbocycles. The molecule has 0 radical (unpaired) electrons. The van der Waals surface area contributed by atoms with Gasteiger partial charge in [0, 0.05) is 24.6 Å². The third-order valence-electron chi connectivity index (χ3n) is 4.52. The molecule has 33 heavy (non-hydrogen) atoms. The highest BCUT2D eigenvalue weighted by atomic mass is 32.2. The van der Waals surface area contributed by atoms with Gasteiger partial charge >= 0.3 is 0 Å². The topological polar surface area (TPSA) is 196 Å². The molecular weight excluding hydrogens is 480 g/mol. The summed E-state index contributed by atoms with van der Waals surface area (Å²) in [5.41, 5.74) is -1.45. The molecule has 0 heterocycles. The van der Waals surface area contributed by atoms with Crippen LogP contribution in [0.5, 0.6) is 0 Å². The minimum absolute atomic E-state index is 0.193. The Morgan fingerprint density at radius 2 is 1.24 bits per heavy atom. The van der Waals surface area contributed by atoms with Crippen molar-refractivity contribution in [3.05, 3.63) is 68.8 Å². The van der Waals surface area contributed by atoms with Crippen LogP contribution in [0.15, 0.2) is 58.3 Å². The second-order valence-electron chi connectivity index (χ2n) is 6.78. The molecule has 13 nitrogen and oxygen atoms in total. The second-order valence-corrected chi connectivity index (χ2v) is 10.1. The molecule has 0 bridgehead atoms. The van der Waals surface area contributed by atoms with Crippen molar-refractivity contribution < 1.29 is 31.5 Å². The van der Waals surface area contributed by atoms with Crippen molar-refractivity contribution in [2.24, 2.45) is 0 Å². The minimum atomic E-state index is -4.63. The van der Waals surface area contributed by atoms with Gasteiger partial charge in [-0.15, -0.1) is 0 Å². The van der Waals surface area contributed by atoms with Gasteiger partial charge in [-0.25, -0.2) is 21.6 Å². The summed E-state index contributed by atoms with van der Waals surface area (Å²) in [5.74, 6) is -0.713. The first-order valence-electron chi connectivity index (χ1n) is 9.36. The third kappa shape index (κ3) is 5.95. The Morgan fingerprint density at radius 3 is 1.64 bits per heavy atom. The average molecular weight is 501 g/mol. The maximum absolute atomic E-state index is 12.8. The maximum Gasteiger partial charge on any atom is 0.289 e. The molecule has 0 unspecified atom stereocenters. The van der Waals surface area contributed by atoms with Gasteiger partial charge in [-0.05, 0) is 19.1 Å². The highest BCUT2D eigenvalue weighted by molar-refractivity contribution is 7.90. The van der Waals surface area contributed by atoms with Gasteiger partial charge in [0.15, 0.2) is 15.6 Å². The number of hydrogen-bond acceptors (Lipinski definition) is 9. The quantitative estimate of drug-likeness (QED) is 0.339. The predicted molar refractivity (Wildman–Crippen MR) is 115 cm³/mol. The van der Waals surface area contributed by atoms with E-state index in [1.54, 1.807) is 0 Å². The minimum Gasteiger partial charge on any atom is -0.298 e. The van der Waals surface area contributed by atoms with Crippen LogP contribution in [-0.4, -0.2) is 44.5 Å². The van der Waals surface area contributed by atoms with Crippen molar-refractivity contribution in [1.82, 2.24) is 9.44 Å². The first kappa shape index (κ1) is 26.0. The SMILES string of the molecule is CCC(=O)[C@H](NS(=O)(=O)c1ccccc1[N+](=O)[O-])[C@@H](C)NS(=O)(=O)c1ccccc1[N+](=O)[O-]. The van der Waals surface area contributed by atoms with E-state index >= 15 is 0 Å². The Hall–Kier alpha value is -3.27. The van der Waals surface area contributed by atoms with Crippen molar-refractivity contribution in [2.45, 2.75) is 42.1 Å². The molecule has 0 spiro atoms. The molecule has 2 aromatic rings. The largest absolute Gasteiger partial charge is 0.298 e. The molecule has 178 valence electrons. The van der Waals surface area contributed by atoms with Crippen molar-refractivity contribution in [1.29, 1.82) is 0 Å². The van der Waals surface area contributed by atoms with E-state index in [0.717, 1.165) is 24.3 Å². The van der Waals surface area contributed by atoms with E-state index in [9.17, 15) is 41.9 Å².